The Hall–Kier alpha value is -6.32. The van der Waals surface area contributed by atoms with E-state index in [0.717, 1.165) is 36.3 Å². The Morgan fingerprint density at radius 1 is 0.759 bits per heavy atom. The van der Waals surface area contributed by atoms with Gasteiger partial charge in [0.25, 0.3) is 0 Å². The van der Waals surface area contributed by atoms with Crippen molar-refractivity contribution in [2.45, 2.75) is 38.0 Å². The van der Waals surface area contributed by atoms with E-state index in [1.54, 1.807) is 0 Å². The van der Waals surface area contributed by atoms with E-state index < -0.39 is 0 Å². The lowest BCUT2D eigenvalue weighted by Crippen LogP contribution is -2.22. The first-order valence-corrected chi connectivity index (χ1v) is 19.4. The summed E-state index contributed by atoms with van der Waals surface area (Å²) in [5.41, 5.74) is 26.5. The van der Waals surface area contributed by atoms with Crippen molar-refractivity contribution in [2.75, 3.05) is 16.4 Å². The molecule has 0 radical (unpaired) electrons. The van der Waals surface area contributed by atoms with Gasteiger partial charge in [-0.2, -0.15) is 0 Å². The summed E-state index contributed by atoms with van der Waals surface area (Å²) in [5.74, 6) is 0.904. The molecule has 0 fully saturated rings. The number of allylic oxidation sites excluding steroid dienone is 8. The van der Waals surface area contributed by atoms with Crippen LogP contribution < -0.4 is 16.4 Å². The van der Waals surface area contributed by atoms with Gasteiger partial charge in [-0.05, 0) is 128 Å². The lowest BCUT2D eigenvalue weighted by atomic mass is 9.72. The summed E-state index contributed by atoms with van der Waals surface area (Å²) < 4.78 is 0. The molecule has 3 heteroatoms. The highest BCUT2D eigenvalue weighted by Crippen LogP contribution is 2.66. The first-order chi connectivity index (χ1) is 26.6. The van der Waals surface area contributed by atoms with Gasteiger partial charge in [-0.3, -0.25) is 0 Å². The summed E-state index contributed by atoms with van der Waals surface area (Å²) in [6.07, 6.45) is 16.7. The average Bonchev–Trinajstić information content (AvgIpc) is 3.72. The van der Waals surface area contributed by atoms with Crippen LogP contribution in [0.15, 0.2) is 175 Å². The molecule has 4 aliphatic rings. The maximum Gasteiger partial charge on any atom is 0.0462 e. The molecule has 4 N–H and O–H groups in total. The van der Waals surface area contributed by atoms with Gasteiger partial charge >= 0.3 is 0 Å². The molecule has 3 nitrogen and oxygen atoms in total. The highest BCUT2D eigenvalue weighted by Gasteiger charge is 2.49. The molecule has 0 saturated heterocycles. The van der Waals surface area contributed by atoms with Crippen molar-refractivity contribution < 1.29 is 0 Å². The fourth-order valence-corrected chi connectivity index (χ4v) is 9.93. The number of benzene rings is 6. The summed E-state index contributed by atoms with van der Waals surface area (Å²) >= 11 is 0. The van der Waals surface area contributed by atoms with E-state index in [9.17, 15) is 0 Å². The number of nitrogen functional groups attached to an aromatic ring is 1. The molecule has 10 rings (SSSR count). The topological polar surface area (TPSA) is 50.1 Å². The number of hydrogen-bond donors (Lipinski definition) is 3. The molecule has 6 aromatic rings. The second-order valence-electron chi connectivity index (χ2n) is 15.0. The maximum atomic E-state index is 6.05. The Morgan fingerprint density at radius 2 is 1.46 bits per heavy atom. The number of nitrogens with two attached hydrogens (primary N) is 1. The lowest BCUT2D eigenvalue weighted by Gasteiger charge is -2.33. The van der Waals surface area contributed by atoms with Gasteiger partial charge in [-0.25, -0.2) is 0 Å². The molecule has 3 unspecified atom stereocenters. The predicted octanol–water partition coefficient (Wildman–Crippen LogP) is 13.4. The molecular formula is C51H43N3. The zero-order chi connectivity index (χ0) is 36.3. The Kier molecular flexibility index (Phi) is 7.76. The molecule has 54 heavy (non-hydrogen) atoms. The van der Waals surface area contributed by atoms with E-state index in [1.165, 1.54) is 83.4 Å². The van der Waals surface area contributed by atoms with Gasteiger partial charge in [0.15, 0.2) is 0 Å². The molecule has 0 heterocycles. The quantitative estimate of drug-likeness (QED) is 0.104. The van der Waals surface area contributed by atoms with Gasteiger partial charge in [0.1, 0.15) is 0 Å². The number of anilines is 3. The number of fused-ring (bicyclic) bond motifs is 6. The van der Waals surface area contributed by atoms with Crippen LogP contribution in [0, 0.1) is 5.92 Å². The molecule has 262 valence electrons. The highest BCUT2D eigenvalue weighted by molar-refractivity contribution is 6.24. The normalized spacial score (nSPS) is 18.8. The second-order valence-corrected chi connectivity index (χ2v) is 15.0. The molecule has 6 aromatic carbocycles. The fraction of sp³-hybridized carbons (Fsp3) is 0.137. The number of nitrogens with one attached hydrogen (secondary N) is 2. The van der Waals surface area contributed by atoms with Crippen molar-refractivity contribution in [1.82, 2.24) is 0 Å². The van der Waals surface area contributed by atoms with Gasteiger partial charge in [0.05, 0.1) is 0 Å². The van der Waals surface area contributed by atoms with Crippen molar-refractivity contribution in [3.63, 3.8) is 0 Å². The third-order valence-corrected chi connectivity index (χ3v) is 12.0. The van der Waals surface area contributed by atoms with Crippen molar-refractivity contribution in [3.05, 3.63) is 186 Å². The summed E-state index contributed by atoms with van der Waals surface area (Å²) in [5, 5.41) is 10.2. The van der Waals surface area contributed by atoms with E-state index in [0.29, 0.717) is 11.8 Å². The van der Waals surface area contributed by atoms with Gasteiger partial charge in [0, 0.05) is 45.7 Å². The van der Waals surface area contributed by atoms with E-state index in [2.05, 4.69) is 158 Å². The van der Waals surface area contributed by atoms with Crippen LogP contribution in [0.5, 0.6) is 0 Å². The van der Waals surface area contributed by atoms with Crippen LogP contribution in [0.1, 0.15) is 49.1 Å². The van der Waals surface area contributed by atoms with Gasteiger partial charge in [-0.1, -0.05) is 129 Å². The van der Waals surface area contributed by atoms with Crippen molar-refractivity contribution in [2.24, 2.45) is 5.92 Å². The first kappa shape index (κ1) is 32.3. The SMILES string of the molecule is C=C/C=C(\CCC)Nc1ccc2c3c(cccc13)-c1c-2c(-c2ccccc2)c2c(c1-c1ccccc1)C1CC=CC3=C(Nc4ccc(N)cc4)C=CC2C31. The smallest absolute Gasteiger partial charge is 0.0462 e. The predicted molar refractivity (Wildman–Crippen MR) is 229 cm³/mol. The second kappa shape index (κ2) is 13.0. The van der Waals surface area contributed by atoms with Crippen LogP contribution in [0.4, 0.5) is 17.1 Å². The first-order valence-electron chi connectivity index (χ1n) is 19.4. The maximum absolute atomic E-state index is 6.05. The van der Waals surface area contributed by atoms with E-state index in [4.69, 9.17) is 5.73 Å². The summed E-state index contributed by atoms with van der Waals surface area (Å²) in [6, 6.07) is 42.0. The van der Waals surface area contributed by atoms with E-state index >= 15 is 0 Å². The summed E-state index contributed by atoms with van der Waals surface area (Å²) in [6.45, 7) is 6.22. The Labute approximate surface area is 318 Å². The van der Waals surface area contributed by atoms with Gasteiger partial charge in [0.2, 0.25) is 0 Å². The molecule has 0 aliphatic heterocycles. The number of rotatable bonds is 9. The molecule has 0 aromatic heterocycles. The minimum atomic E-state index is 0.241. The Balaban J connectivity index is 1.26. The summed E-state index contributed by atoms with van der Waals surface area (Å²) in [7, 11) is 0. The number of hydrogen-bond acceptors (Lipinski definition) is 3. The van der Waals surface area contributed by atoms with Gasteiger partial charge < -0.3 is 16.4 Å². The van der Waals surface area contributed by atoms with E-state index in [1.807, 2.05) is 18.2 Å². The third-order valence-electron chi connectivity index (χ3n) is 12.0. The van der Waals surface area contributed by atoms with Crippen molar-refractivity contribution in [1.29, 1.82) is 0 Å². The molecule has 3 atom stereocenters. The van der Waals surface area contributed by atoms with Crippen LogP contribution in [0.25, 0.3) is 55.3 Å². The fourth-order valence-electron chi connectivity index (χ4n) is 9.93. The van der Waals surface area contributed by atoms with Crippen LogP contribution in [0.2, 0.25) is 0 Å². The van der Waals surface area contributed by atoms with Crippen molar-refractivity contribution >= 4 is 27.8 Å². The zero-order valence-corrected chi connectivity index (χ0v) is 30.6. The molecule has 0 saturated carbocycles. The monoisotopic (exact) mass is 697 g/mol. The van der Waals surface area contributed by atoms with Crippen LogP contribution in [0.3, 0.4) is 0 Å². The molecule has 0 amide bonds. The van der Waals surface area contributed by atoms with Gasteiger partial charge in [-0.15, -0.1) is 0 Å². The van der Waals surface area contributed by atoms with Crippen LogP contribution in [-0.2, 0) is 0 Å². The average molecular weight is 698 g/mol. The summed E-state index contributed by atoms with van der Waals surface area (Å²) in [4.78, 5) is 0. The Morgan fingerprint density at radius 3 is 2.17 bits per heavy atom. The molecule has 0 spiro atoms. The molecular weight excluding hydrogens is 655 g/mol. The van der Waals surface area contributed by atoms with Crippen molar-refractivity contribution in [3.8, 4) is 44.5 Å². The van der Waals surface area contributed by atoms with E-state index in [-0.39, 0.29) is 5.92 Å². The molecule has 0 bridgehead atoms. The lowest BCUT2D eigenvalue weighted by molar-refractivity contribution is 0.482. The van der Waals surface area contributed by atoms with Crippen LogP contribution in [-0.4, -0.2) is 0 Å². The minimum Gasteiger partial charge on any atom is -0.399 e. The standard InChI is InChI=1S/C51H43N3/c1-3-13-34(14-4-2)53-42-29-27-40-46-36(42)19-11-21-38(46)48-44(31-15-7-5-8-16-31)49-39-22-12-20-37-43(54-35-25-23-33(52)24-26-35)30-28-41(47(37)39)51(49)45(50(40)48)32-17-9-6-10-18-32/h3,5-13,15-21,23-30,39,41,47,53-54H,1,4,14,22,52H2,2H3/b34-13+. The highest BCUT2D eigenvalue weighted by atomic mass is 14.9. The Bertz CT molecular complexity index is 2600. The van der Waals surface area contributed by atoms with Crippen LogP contribution >= 0.6 is 0 Å². The zero-order valence-electron chi connectivity index (χ0n) is 30.6. The largest absolute Gasteiger partial charge is 0.399 e. The third kappa shape index (κ3) is 4.95. The molecule has 4 aliphatic carbocycles. The minimum absolute atomic E-state index is 0.241.